The molecule has 6 heteroatoms. The summed E-state index contributed by atoms with van der Waals surface area (Å²) in [7, 11) is 0. The van der Waals surface area contributed by atoms with E-state index in [9.17, 15) is 4.79 Å². The Balaban J connectivity index is 1.45. The number of ether oxygens (including phenoxy) is 1. The summed E-state index contributed by atoms with van der Waals surface area (Å²) in [5.74, 6) is 1.83. The highest BCUT2D eigenvalue weighted by molar-refractivity contribution is 5.80. The first-order valence-electron chi connectivity index (χ1n) is 10.8. The zero-order chi connectivity index (χ0) is 21.6. The van der Waals surface area contributed by atoms with Crippen LogP contribution in [-0.2, 0) is 4.79 Å². The van der Waals surface area contributed by atoms with Crippen molar-refractivity contribution in [2.75, 3.05) is 18.0 Å². The number of aromatic nitrogens is 2. The van der Waals surface area contributed by atoms with Crippen LogP contribution in [0.25, 0.3) is 0 Å². The fraction of sp³-hybridized carbons (Fsp3) is 0.320. The van der Waals surface area contributed by atoms with Gasteiger partial charge in [0.25, 0.3) is 5.88 Å². The predicted octanol–water partition coefficient (Wildman–Crippen LogP) is 4.67. The van der Waals surface area contributed by atoms with Crippen molar-refractivity contribution in [1.29, 1.82) is 0 Å². The third kappa shape index (κ3) is 5.20. The van der Waals surface area contributed by atoms with Gasteiger partial charge in [0.2, 0.25) is 5.91 Å². The summed E-state index contributed by atoms with van der Waals surface area (Å²) in [6.07, 6.45) is 5.07. The number of anilines is 1. The van der Waals surface area contributed by atoms with Gasteiger partial charge in [0, 0.05) is 25.5 Å². The van der Waals surface area contributed by atoms with E-state index in [0.29, 0.717) is 18.2 Å². The van der Waals surface area contributed by atoms with Gasteiger partial charge in [-0.1, -0.05) is 48.0 Å². The second-order valence-electron chi connectivity index (χ2n) is 8.03. The van der Waals surface area contributed by atoms with Crippen molar-refractivity contribution >= 4 is 11.7 Å². The van der Waals surface area contributed by atoms with Crippen LogP contribution in [0.3, 0.4) is 0 Å². The lowest BCUT2D eigenvalue weighted by atomic mass is 9.96. The Kier molecular flexibility index (Phi) is 6.46. The molecular weight excluding hydrogens is 388 g/mol. The molecule has 1 aliphatic rings. The molecule has 160 valence electrons. The highest BCUT2D eigenvalue weighted by Gasteiger charge is 2.29. The standard InChI is InChI=1S/C25H28N4O2/c1-18-10-12-22(13-11-18)31-25-23(26-14-15-27-25)29-16-6-9-21(17-29)24(30)28-19(2)20-7-4-3-5-8-20/h3-5,7-8,10-15,19,21H,6,9,16-17H2,1-2H3,(H,28,30). The van der Waals surface area contributed by atoms with Gasteiger partial charge in [-0.2, -0.15) is 0 Å². The Hall–Kier alpha value is -3.41. The molecule has 0 radical (unpaired) electrons. The smallest absolute Gasteiger partial charge is 0.263 e. The van der Waals surface area contributed by atoms with Gasteiger partial charge in [0.05, 0.1) is 12.0 Å². The lowest BCUT2D eigenvalue weighted by molar-refractivity contribution is -0.125. The molecule has 6 nitrogen and oxygen atoms in total. The molecule has 2 heterocycles. The lowest BCUT2D eigenvalue weighted by Crippen LogP contribution is -2.44. The Morgan fingerprint density at radius 3 is 2.61 bits per heavy atom. The third-order valence-electron chi connectivity index (χ3n) is 5.63. The summed E-state index contributed by atoms with van der Waals surface area (Å²) in [4.78, 5) is 24.0. The maximum Gasteiger partial charge on any atom is 0.263 e. The van der Waals surface area contributed by atoms with E-state index in [1.807, 2.05) is 68.4 Å². The van der Waals surface area contributed by atoms with Gasteiger partial charge in [0.15, 0.2) is 5.82 Å². The van der Waals surface area contributed by atoms with E-state index in [1.54, 1.807) is 12.4 Å². The van der Waals surface area contributed by atoms with Crippen LogP contribution in [0.1, 0.15) is 36.9 Å². The average Bonchev–Trinajstić information content (AvgIpc) is 2.81. The lowest BCUT2D eigenvalue weighted by Gasteiger charge is -2.33. The first-order chi connectivity index (χ1) is 15.1. The molecule has 1 saturated heterocycles. The Bertz CT molecular complexity index is 1010. The van der Waals surface area contributed by atoms with Crippen LogP contribution < -0.4 is 15.0 Å². The first kappa shape index (κ1) is 20.8. The number of nitrogens with zero attached hydrogens (tertiary/aromatic N) is 3. The van der Waals surface area contributed by atoms with Crippen LogP contribution in [0.2, 0.25) is 0 Å². The van der Waals surface area contributed by atoms with Crippen molar-refractivity contribution in [3.63, 3.8) is 0 Å². The molecule has 0 spiro atoms. The van der Waals surface area contributed by atoms with Crippen LogP contribution >= 0.6 is 0 Å². The minimum atomic E-state index is -0.103. The van der Waals surface area contributed by atoms with E-state index in [2.05, 4.69) is 20.2 Å². The first-order valence-corrected chi connectivity index (χ1v) is 10.8. The number of benzene rings is 2. The van der Waals surface area contributed by atoms with Gasteiger partial charge >= 0.3 is 0 Å². The van der Waals surface area contributed by atoms with Crippen LogP contribution in [0, 0.1) is 12.8 Å². The quantitative estimate of drug-likeness (QED) is 0.632. The molecule has 1 aliphatic heterocycles. The third-order valence-corrected chi connectivity index (χ3v) is 5.63. The van der Waals surface area contributed by atoms with Gasteiger partial charge in [-0.15, -0.1) is 0 Å². The molecule has 3 aromatic rings. The number of rotatable bonds is 6. The van der Waals surface area contributed by atoms with E-state index in [4.69, 9.17) is 4.74 Å². The van der Waals surface area contributed by atoms with Gasteiger partial charge in [0.1, 0.15) is 5.75 Å². The normalized spacial score (nSPS) is 17.1. The number of hydrogen-bond donors (Lipinski definition) is 1. The van der Waals surface area contributed by atoms with E-state index < -0.39 is 0 Å². The summed E-state index contributed by atoms with van der Waals surface area (Å²) in [5.41, 5.74) is 2.27. The molecule has 1 fully saturated rings. The monoisotopic (exact) mass is 416 g/mol. The maximum atomic E-state index is 13.0. The SMILES string of the molecule is Cc1ccc(Oc2nccnc2N2CCCC(C(=O)NC(C)c3ccccc3)C2)cc1. The number of nitrogens with one attached hydrogen (secondary N) is 1. The fourth-order valence-electron chi connectivity index (χ4n) is 3.86. The van der Waals surface area contributed by atoms with Crippen LogP contribution in [-0.4, -0.2) is 29.0 Å². The van der Waals surface area contributed by atoms with Crippen LogP contribution in [0.4, 0.5) is 5.82 Å². The minimum Gasteiger partial charge on any atom is -0.436 e. The van der Waals surface area contributed by atoms with Crippen molar-refractivity contribution in [3.8, 4) is 11.6 Å². The Morgan fingerprint density at radius 1 is 1.10 bits per heavy atom. The number of carbonyl (C=O) groups excluding carboxylic acids is 1. The summed E-state index contributed by atoms with van der Waals surface area (Å²) >= 11 is 0. The molecule has 1 amide bonds. The summed E-state index contributed by atoms with van der Waals surface area (Å²) < 4.78 is 6.02. The highest BCUT2D eigenvalue weighted by atomic mass is 16.5. The van der Waals surface area contributed by atoms with Gasteiger partial charge in [-0.25, -0.2) is 9.97 Å². The van der Waals surface area contributed by atoms with Gasteiger partial charge < -0.3 is 15.0 Å². The van der Waals surface area contributed by atoms with Crippen molar-refractivity contribution in [2.24, 2.45) is 5.92 Å². The maximum absolute atomic E-state index is 13.0. The van der Waals surface area contributed by atoms with E-state index >= 15 is 0 Å². The number of amides is 1. The minimum absolute atomic E-state index is 0.0268. The van der Waals surface area contributed by atoms with Crippen molar-refractivity contribution < 1.29 is 9.53 Å². The largest absolute Gasteiger partial charge is 0.436 e. The number of carbonyl (C=O) groups is 1. The predicted molar refractivity (Wildman–Crippen MR) is 121 cm³/mol. The average molecular weight is 417 g/mol. The highest BCUT2D eigenvalue weighted by Crippen LogP contribution is 2.31. The molecule has 31 heavy (non-hydrogen) atoms. The molecule has 4 rings (SSSR count). The molecule has 0 aliphatic carbocycles. The number of piperidine rings is 1. The zero-order valence-electron chi connectivity index (χ0n) is 18.0. The summed E-state index contributed by atoms with van der Waals surface area (Å²) in [6, 6.07) is 17.8. The molecule has 2 atom stereocenters. The van der Waals surface area contributed by atoms with Crippen molar-refractivity contribution in [2.45, 2.75) is 32.7 Å². The topological polar surface area (TPSA) is 67.4 Å². The Labute approximate surface area is 183 Å². The second-order valence-corrected chi connectivity index (χ2v) is 8.03. The van der Waals surface area contributed by atoms with Crippen LogP contribution in [0.15, 0.2) is 67.0 Å². The number of hydrogen-bond acceptors (Lipinski definition) is 5. The molecule has 0 bridgehead atoms. The second kappa shape index (κ2) is 9.60. The van der Waals surface area contributed by atoms with E-state index in [0.717, 1.165) is 30.7 Å². The Morgan fingerprint density at radius 2 is 1.84 bits per heavy atom. The fourth-order valence-corrected chi connectivity index (χ4v) is 3.86. The van der Waals surface area contributed by atoms with Gasteiger partial charge in [-0.05, 0) is 44.4 Å². The molecule has 2 aromatic carbocycles. The molecule has 1 aromatic heterocycles. The molecular formula is C25H28N4O2. The van der Waals surface area contributed by atoms with E-state index in [-0.39, 0.29) is 17.9 Å². The molecule has 2 unspecified atom stereocenters. The van der Waals surface area contributed by atoms with Crippen LogP contribution in [0.5, 0.6) is 11.6 Å². The van der Waals surface area contributed by atoms with E-state index in [1.165, 1.54) is 5.56 Å². The van der Waals surface area contributed by atoms with Crippen molar-refractivity contribution in [3.05, 3.63) is 78.1 Å². The molecule has 1 N–H and O–H groups in total. The number of aryl methyl sites for hydroxylation is 1. The molecule has 0 saturated carbocycles. The zero-order valence-corrected chi connectivity index (χ0v) is 18.0. The van der Waals surface area contributed by atoms with Gasteiger partial charge in [-0.3, -0.25) is 4.79 Å². The van der Waals surface area contributed by atoms with Crippen molar-refractivity contribution in [1.82, 2.24) is 15.3 Å². The summed E-state index contributed by atoms with van der Waals surface area (Å²) in [6.45, 7) is 5.47. The summed E-state index contributed by atoms with van der Waals surface area (Å²) in [5, 5.41) is 3.16.